The highest BCUT2D eigenvalue weighted by Crippen LogP contribution is 2.29. The fourth-order valence-electron chi connectivity index (χ4n) is 3.26. The smallest absolute Gasteiger partial charge is 0.311 e. The molecule has 0 aliphatic rings. The summed E-state index contributed by atoms with van der Waals surface area (Å²) in [5.74, 6) is -1.33. The van der Waals surface area contributed by atoms with Crippen LogP contribution in [0.5, 0.6) is 0 Å². The minimum absolute atomic E-state index is 0.0976. The number of carboxylic acid groups (broad SMARTS) is 1. The molecule has 0 aliphatic carbocycles. The van der Waals surface area contributed by atoms with Crippen molar-refractivity contribution in [3.63, 3.8) is 0 Å². The van der Waals surface area contributed by atoms with E-state index in [2.05, 4.69) is 45.0 Å². The largest absolute Gasteiger partial charge is 0.481 e. The van der Waals surface area contributed by atoms with Gasteiger partial charge < -0.3 is 5.11 Å². The minimum Gasteiger partial charge on any atom is -0.481 e. The second-order valence-electron chi connectivity index (χ2n) is 7.61. The molecule has 0 heterocycles. The fraction of sp³-hybridized carbons (Fsp3) is 0.261. The summed E-state index contributed by atoms with van der Waals surface area (Å²) in [5.41, 5.74) is 3.28. The van der Waals surface area contributed by atoms with Crippen molar-refractivity contribution >= 4 is 16.7 Å². The number of fused-ring (bicyclic) bond motifs is 1. The van der Waals surface area contributed by atoms with Crippen molar-refractivity contribution in [2.45, 2.75) is 38.5 Å². The quantitative estimate of drug-likeness (QED) is 0.680. The molecule has 2 nitrogen and oxygen atoms in total. The molecule has 3 aromatic rings. The molecule has 25 heavy (non-hydrogen) atoms. The van der Waals surface area contributed by atoms with Crippen molar-refractivity contribution in [3.05, 3.63) is 83.4 Å². The molecule has 1 unspecified atom stereocenters. The molecular weight excluding hydrogens is 308 g/mol. The van der Waals surface area contributed by atoms with Gasteiger partial charge in [-0.1, -0.05) is 87.5 Å². The summed E-state index contributed by atoms with van der Waals surface area (Å²) < 4.78 is 0. The standard InChI is InChI=1S/C23H24O2/c1-23(2,3)18-13-11-16(12-14-18)15-21(22(24)25)20-10-6-8-17-7-4-5-9-19(17)20/h4-14,21H,15H2,1-3H3,(H,24,25). The predicted molar refractivity (Wildman–Crippen MR) is 103 cm³/mol. The zero-order valence-corrected chi connectivity index (χ0v) is 15.0. The Morgan fingerprint density at radius 1 is 0.920 bits per heavy atom. The second kappa shape index (κ2) is 6.72. The number of hydrogen-bond acceptors (Lipinski definition) is 1. The zero-order valence-electron chi connectivity index (χ0n) is 15.0. The van der Waals surface area contributed by atoms with Crippen LogP contribution in [0.15, 0.2) is 66.7 Å². The zero-order chi connectivity index (χ0) is 18.0. The summed E-state index contributed by atoms with van der Waals surface area (Å²) in [5, 5.41) is 11.9. The summed E-state index contributed by atoms with van der Waals surface area (Å²) in [4.78, 5) is 12.0. The lowest BCUT2D eigenvalue weighted by Gasteiger charge is -2.20. The lowest BCUT2D eigenvalue weighted by atomic mass is 9.85. The molecule has 0 fully saturated rings. The Labute approximate surface area is 149 Å². The summed E-state index contributed by atoms with van der Waals surface area (Å²) in [7, 11) is 0. The third kappa shape index (κ3) is 3.74. The highest BCUT2D eigenvalue weighted by molar-refractivity contribution is 5.90. The van der Waals surface area contributed by atoms with E-state index in [9.17, 15) is 9.90 Å². The SMILES string of the molecule is CC(C)(C)c1ccc(CC(C(=O)O)c2cccc3ccccc23)cc1. The van der Waals surface area contributed by atoms with Crippen LogP contribution in [-0.4, -0.2) is 11.1 Å². The van der Waals surface area contributed by atoms with Crippen LogP contribution < -0.4 is 0 Å². The molecule has 0 radical (unpaired) electrons. The maximum absolute atomic E-state index is 12.0. The molecule has 0 bridgehead atoms. The molecule has 0 spiro atoms. The first-order valence-electron chi connectivity index (χ1n) is 8.66. The van der Waals surface area contributed by atoms with Crippen LogP contribution in [0.25, 0.3) is 10.8 Å². The third-order valence-corrected chi connectivity index (χ3v) is 4.76. The fourth-order valence-corrected chi connectivity index (χ4v) is 3.26. The maximum Gasteiger partial charge on any atom is 0.311 e. The van der Waals surface area contributed by atoms with Gasteiger partial charge in [0.05, 0.1) is 5.92 Å². The highest BCUT2D eigenvalue weighted by Gasteiger charge is 2.22. The Bertz CT molecular complexity index is 881. The number of aliphatic carboxylic acids is 1. The van der Waals surface area contributed by atoms with E-state index in [1.54, 1.807) is 0 Å². The van der Waals surface area contributed by atoms with Gasteiger partial charge >= 0.3 is 5.97 Å². The van der Waals surface area contributed by atoms with Crippen LogP contribution in [0.1, 0.15) is 43.4 Å². The van der Waals surface area contributed by atoms with Gasteiger partial charge in [-0.25, -0.2) is 0 Å². The Morgan fingerprint density at radius 2 is 1.56 bits per heavy atom. The van der Waals surface area contributed by atoms with Gasteiger partial charge in [0.2, 0.25) is 0 Å². The van der Waals surface area contributed by atoms with Gasteiger partial charge in [-0.2, -0.15) is 0 Å². The summed E-state index contributed by atoms with van der Waals surface area (Å²) >= 11 is 0. The Hall–Kier alpha value is -2.61. The molecule has 3 rings (SSSR count). The van der Waals surface area contributed by atoms with Gasteiger partial charge in [-0.05, 0) is 39.3 Å². The average Bonchev–Trinajstić information content (AvgIpc) is 2.59. The van der Waals surface area contributed by atoms with Crippen molar-refractivity contribution in [1.29, 1.82) is 0 Å². The molecule has 1 N–H and O–H groups in total. The topological polar surface area (TPSA) is 37.3 Å². The van der Waals surface area contributed by atoms with Gasteiger partial charge in [0.15, 0.2) is 0 Å². The number of benzene rings is 3. The summed E-state index contributed by atoms with van der Waals surface area (Å²) in [6.07, 6.45) is 0.494. The van der Waals surface area contributed by atoms with E-state index in [4.69, 9.17) is 0 Å². The van der Waals surface area contributed by atoms with Crippen LogP contribution in [0.4, 0.5) is 0 Å². The molecule has 0 aliphatic heterocycles. The molecule has 0 saturated heterocycles. The minimum atomic E-state index is -0.781. The lowest BCUT2D eigenvalue weighted by molar-refractivity contribution is -0.138. The van der Waals surface area contributed by atoms with Crippen molar-refractivity contribution in [1.82, 2.24) is 0 Å². The lowest BCUT2D eigenvalue weighted by Crippen LogP contribution is -2.15. The first-order valence-corrected chi connectivity index (χ1v) is 8.66. The first-order chi connectivity index (χ1) is 11.9. The average molecular weight is 332 g/mol. The molecular formula is C23H24O2. The van der Waals surface area contributed by atoms with Crippen molar-refractivity contribution in [2.75, 3.05) is 0 Å². The van der Waals surface area contributed by atoms with E-state index in [0.717, 1.165) is 21.9 Å². The normalized spacial score (nSPS) is 12.9. The number of rotatable bonds is 4. The summed E-state index contributed by atoms with van der Waals surface area (Å²) in [6.45, 7) is 6.54. The van der Waals surface area contributed by atoms with Crippen LogP contribution >= 0.6 is 0 Å². The van der Waals surface area contributed by atoms with Crippen LogP contribution in [0, 0.1) is 0 Å². The van der Waals surface area contributed by atoms with Gasteiger partial charge in [-0.15, -0.1) is 0 Å². The Balaban J connectivity index is 1.96. The molecule has 128 valence electrons. The predicted octanol–water partition coefficient (Wildman–Crippen LogP) is 5.55. The highest BCUT2D eigenvalue weighted by atomic mass is 16.4. The molecule has 1 atom stereocenters. The van der Waals surface area contributed by atoms with Crippen LogP contribution in [-0.2, 0) is 16.6 Å². The third-order valence-electron chi connectivity index (χ3n) is 4.76. The molecule has 0 aromatic heterocycles. The van der Waals surface area contributed by atoms with Crippen molar-refractivity contribution in [3.8, 4) is 0 Å². The number of carboxylic acids is 1. The monoisotopic (exact) mass is 332 g/mol. The van der Waals surface area contributed by atoms with Gasteiger partial charge in [0, 0.05) is 0 Å². The maximum atomic E-state index is 12.0. The Morgan fingerprint density at radius 3 is 2.20 bits per heavy atom. The summed E-state index contributed by atoms with van der Waals surface area (Å²) in [6, 6.07) is 22.2. The van der Waals surface area contributed by atoms with Gasteiger partial charge in [0.1, 0.15) is 0 Å². The van der Waals surface area contributed by atoms with Crippen molar-refractivity contribution < 1.29 is 9.90 Å². The van der Waals surface area contributed by atoms with E-state index >= 15 is 0 Å². The van der Waals surface area contributed by atoms with Gasteiger partial charge in [0.25, 0.3) is 0 Å². The van der Waals surface area contributed by atoms with Gasteiger partial charge in [-0.3, -0.25) is 4.79 Å². The first kappa shape index (κ1) is 17.2. The molecule has 3 aromatic carbocycles. The van der Waals surface area contributed by atoms with E-state index in [0.29, 0.717) is 6.42 Å². The number of hydrogen-bond donors (Lipinski definition) is 1. The van der Waals surface area contributed by atoms with E-state index in [1.807, 2.05) is 42.5 Å². The van der Waals surface area contributed by atoms with Crippen molar-refractivity contribution in [2.24, 2.45) is 0 Å². The van der Waals surface area contributed by atoms with E-state index in [-0.39, 0.29) is 5.41 Å². The molecule has 0 amide bonds. The van der Waals surface area contributed by atoms with Crippen LogP contribution in [0.3, 0.4) is 0 Å². The molecule has 0 saturated carbocycles. The Kier molecular flexibility index (Phi) is 4.63. The number of carbonyl (C=O) groups is 1. The second-order valence-corrected chi connectivity index (χ2v) is 7.61. The van der Waals surface area contributed by atoms with Crippen LogP contribution in [0.2, 0.25) is 0 Å². The molecule has 2 heteroatoms. The van der Waals surface area contributed by atoms with E-state index < -0.39 is 11.9 Å². The van der Waals surface area contributed by atoms with E-state index in [1.165, 1.54) is 5.56 Å².